The van der Waals surface area contributed by atoms with E-state index in [9.17, 15) is 18.0 Å². The number of piperidine rings is 1. The Kier molecular flexibility index (Phi) is 7.13. The topological polar surface area (TPSA) is 116 Å². The zero-order valence-electron chi connectivity index (χ0n) is 14.8. The van der Waals surface area contributed by atoms with Crippen LogP contribution in [-0.4, -0.2) is 55.9 Å². The number of nitrogens with one attached hydrogen (secondary N) is 2. The van der Waals surface area contributed by atoms with Gasteiger partial charge < -0.3 is 15.7 Å². The molecule has 0 aromatic heterocycles. The maximum Gasteiger partial charge on any atom is 0.243 e. The molecule has 3 N–H and O–H groups in total. The minimum absolute atomic E-state index is 0.0000677. The van der Waals surface area contributed by atoms with Crippen LogP contribution in [0.25, 0.3) is 0 Å². The number of benzene rings is 1. The minimum atomic E-state index is -3.70. The number of sulfonamides is 1. The van der Waals surface area contributed by atoms with E-state index >= 15 is 0 Å². The van der Waals surface area contributed by atoms with Crippen LogP contribution in [0.5, 0.6) is 0 Å². The quantitative estimate of drug-likeness (QED) is 0.595. The van der Waals surface area contributed by atoms with E-state index in [1.807, 2.05) is 0 Å². The average Bonchev–Trinajstić information content (AvgIpc) is 2.62. The molecule has 1 fully saturated rings. The molecule has 26 heavy (non-hydrogen) atoms. The van der Waals surface area contributed by atoms with Gasteiger partial charge in [-0.2, -0.15) is 4.31 Å². The van der Waals surface area contributed by atoms with Crippen molar-refractivity contribution in [2.75, 3.05) is 31.6 Å². The first-order valence-electron chi connectivity index (χ1n) is 8.61. The molecule has 0 unspecified atom stereocenters. The number of nitrogens with zero attached hydrogens (tertiary/aromatic N) is 1. The number of hydrogen-bond acceptors (Lipinski definition) is 5. The van der Waals surface area contributed by atoms with Crippen LogP contribution in [-0.2, 0) is 19.6 Å². The first-order chi connectivity index (χ1) is 12.3. The summed E-state index contributed by atoms with van der Waals surface area (Å²) in [6.45, 7) is 2.27. The maximum atomic E-state index is 12.8. The number of hydrogen-bond donors (Lipinski definition) is 3. The van der Waals surface area contributed by atoms with Crippen molar-refractivity contribution < 1.29 is 23.1 Å². The molecular formula is C17H25N3O5S. The molecule has 1 aliphatic heterocycles. The first-order valence-corrected chi connectivity index (χ1v) is 10.0. The van der Waals surface area contributed by atoms with E-state index in [1.54, 1.807) is 0 Å². The van der Waals surface area contributed by atoms with Crippen molar-refractivity contribution in [3.8, 4) is 0 Å². The van der Waals surface area contributed by atoms with Gasteiger partial charge in [-0.3, -0.25) is 9.59 Å². The van der Waals surface area contributed by atoms with Gasteiger partial charge in [0.25, 0.3) is 0 Å². The number of anilines is 1. The van der Waals surface area contributed by atoms with E-state index in [-0.39, 0.29) is 29.9 Å². The molecule has 2 amide bonds. The van der Waals surface area contributed by atoms with Crippen LogP contribution in [0.1, 0.15) is 26.2 Å². The Morgan fingerprint density at radius 1 is 1.27 bits per heavy atom. The highest BCUT2D eigenvalue weighted by Crippen LogP contribution is 2.24. The Balaban J connectivity index is 2.05. The molecule has 0 radical (unpaired) electrons. The van der Waals surface area contributed by atoms with Gasteiger partial charge in [-0.25, -0.2) is 8.42 Å². The third kappa shape index (κ3) is 5.26. The number of amides is 2. The number of aliphatic hydroxyl groups excluding tert-OH is 1. The normalized spacial score (nSPS) is 18.3. The molecule has 144 valence electrons. The summed E-state index contributed by atoms with van der Waals surface area (Å²) in [5.41, 5.74) is 0.524. The van der Waals surface area contributed by atoms with E-state index in [4.69, 9.17) is 5.11 Å². The van der Waals surface area contributed by atoms with Crippen molar-refractivity contribution in [2.24, 2.45) is 5.92 Å². The number of carbonyl (C=O) groups is 2. The first kappa shape index (κ1) is 20.3. The van der Waals surface area contributed by atoms with Gasteiger partial charge in [-0.15, -0.1) is 0 Å². The molecule has 0 saturated carbocycles. The fraction of sp³-hybridized carbons (Fsp3) is 0.529. The van der Waals surface area contributed by atoms with E-state index in [0.717, 1.165) is 0 Å². The summed E-state index contributed by atoms with van der Waals surface area (Å²) < 4.78 is 27.0. The Hall–Kier alpha value is -1.97. The molecule has 8 nitrogen and oxygen atoms in total. The predicted octanol–water partition coefficient (Wildman–Crippen LogP) is 0.544. The zero-order valence-corrected chi connectivity index (χ0v) is 15.6. The zero-order chi connectivity index (χ0) is 19.2. The van der Waals surface area contributed by atoms with E-state index < -0.39 is 15.9 Å². The fourth-order valence-corrected chi connectivity index (χ4v) is 4.40. The van der Waals surface area contributed by atoms with Crippen molar-refractivity contribution in [1.29, 1.82) is 0 Å². The highest BCUT2D eigenvalue weighted by molar-refractivity contribution is 7.89. The lowest BCUT2D eigenvalue weighted by atomic mass is 9.99. The SMILES string of the molecule is CC(=O)Nc1ccc(S(=O)(=O)N2CCC[C@@H](C(=O)NCCCO)C2)cc1. The monoisotopic (exact) mass is 383 g/mol. The van der Waals surface area contributed by atoms with Crippen molar-refractivity contribution in [1.82, 2.24) is 9.62 Å². The van der Waals surface area contributed by atoms with Crippen LogP contribution in [0, 0.1) is 5.92 Å². The molecule has 9 heteroatoms. The average molecular weight is 383 g/mol. The van der Waals surface area contributed by atoms with Crippen molar-refractivity contribution >= 4 is 27.5 Å². The molecule has 1 heterocycles. The summed E-state index contributed by atoms with van der Waals surface area (Å²) in [4.78, 5) is 23.4. The van der Waals surface area contributed by atoms with Gasteiger partial charge in [0.1, 0.15) is 0 Å². The minimum Gasteiger partial charge on any atom is -0.396 e. The molecule has 1 aromatic carbocycles. The van der Waals surface area contributed by atoms with Crippen molar-refractivity contribution in [2.45, 2.75) is 31.1 Å². The van der Waals surface area contributed by atoms with Gasteiger partial charge in [0.2, 0.25) is 21.8 Å². The highest BCUT2D eigenvalue weighted by atomic mass is 32.2. The molecule has 1 atom stereocenters. The summed E-state index contributed by atoms with van der Waals surface area (Å²) in [6.07, 6.45) is 1.72. The molecule has 0 spiro atoms. The lowest BCUT2D eigenvalue weighted by Gasteiger charge is -2.31. The summed E-state index contributed by atoms with van der Waals surface area (Å²) >= 11 is 0. The van der Waals surface area contributed by atoms with E-state index in [1.165, 1.54) is 35.5 Å². The number of aliphatic hydroxyl groups is 1. The molecule has 1 aromatic rings. The van der Waals surface area contributed by atoms with E-state index in [2.05, 4.69) is 10.6 Å². The van der Waals surface area contributed by atoms with Crippen LogP contribution >= 0.6 is 0 Å². The molecular weight excluding hydrogens is 358 g/mol. The standard InChI is InChI=1S/C17H25N3O5S/c1-13(22)19-15-5-7-16(8-6-15)26(24,25)20-10-2-4-14(12-20)17(23)18-9-3-11-21/h5-8,14,21H,2-4,9-12H2,1H3,(H,18,23)(H,19,22)/t14-/m1/s1. The van der Waals surface area contributed by atoms with Gasteiger partial charge in [0.15, 0.2) is 0 Å². The molecule has 0 bridgehead atoms. The van der Waals surface area contributed by atoms with Crippen LogP contribution in [0.2, 0.25) is 0 Å². The van der Waals surface area contributed by atoms with Crippen molar-refractivity contribution in [3.05, 3.63) is 24.3 Å². The molecule has 1 saturated heterocycles. The summed E-state index contributed by atoms with van der Waals surface area (Å²) in [5.74, 6) is -0.804. The molecule has 0 aliphatic carbocycles. The Morgan fingerprint density at radius 3 is 2.58 bits per heavy atom. The van der Waals surface area contributed by atoms with Gasteiger partial charge in [0.05, 0.1) is 10.8 Å². The lowest BCUT2D eigenvalue weighted by molar-refractivity contribution is -0.126. The Bertz CT molecular complexity index is 733. The molecule has 2 rings (SSSR count). The smallest absolute Gasteiger partial charge is 0.243 e. The maximum absolute atomic E-state index is 12.8. The van der Waals surface area contributed by atoms with Gasteiger partial charge >= 0.3 is 0 Å². The van der Waals surface area contributed by atoms with E-state index in [0.29, 0.717) is 38.0 Å². The largest absolute Gasteiger partial charge is 0.396 e. The number of carbonyl (C=O) groups excluding carboxylic acids is 2. The fourth-order valence-electron chi connectivity index (χ4n) is 2.87. The second-order valence-corrected chi connectivity index (χ2v) is 8.21. The number of rotatable bonds is 7. The van der Waals surface area contributed by atoms with Gasteiger partial charge in [-0.1, -0.05) is 0 Å². The van der Waals surface area contributed by atoms with Crippen molar-refractivity contribution in [3.63, 3.8) is 0 Å². The Labute approximate surface area is 153 Å². The van der Waals surface area contributed by atoms with Crippen LogP contribution in [0.4, 0.5) is 5.69 Å². The Morgan fingerprint density at radius 2 is 1.96 bits per heavy atom. The van der Waals surface area contributed by atoms with Crippen LogP contribution in [0.3, 0.4) is 0 Å². The van der Waals surface area contributed by atoms with Crippen LogP contribution in [0.15, 0.2) is 29.2 Å². The molecule has 1 aliphatic rings. The highest BCUT2D eigenvalue weighted by Gasteiger charge is 2.33. The van der Waals surface area contributed by atoms with Gasteiger partial charge in [0, 0.05) is 38.9 Å². The third-order valence-electron chi connectivity index (χ3n) is 4.20. The van der Waals surface area contributed by atoms with Crippen LogP contribution < -0.4 is 10.6 Å². The third-order valence-corrected chi connectivity index (χ3v) is 6.08. The second-order valence-electron chi connectivity index (χ2n) is 6.28. The van der Waals surface area contributed by atoms with Gasteiger partial charge in [-0.05, 0) is 43.5 Å². The second kappa shape index (κ2) is 9.11. The summed E-state index contributed by atoms with van der Waals surface area (Å²) in [6, 6.07) is 5.98. The summed E-state index contributed by atoms with van der Waals surface area (Å²) in [5, 5.41) is 14.1. The summed E-state index contributed by atoms with van der Waals surface area (Å²) in [7, 11) is -3.70. The predicted molar refractivity (Wildman–Crippen MR) is 96.9 cm³/mol. The lowest BCUT2D eigenvalue weighted by Crippen LogP contribution is -2.45.